The zero-order valence-corrected chi connectivity index (χ0v) is 12.6. The lowest BCUT2D eigenvalue weighted by atomic mass is 10.0. The van der Waals surface area contributed by atoms with E-state index in [2.05, 4.69) is 11.8 Å². The fourth-order valence-corrected chi connectivity index (χ4v) is 2.35. The molecule has 0 saturated carbocycles. The Morgan fingerprint density at radius 1 is 1.33 bits per heavy atom. The Morgan fingerprint density at radius 2 is 2.14 bits per heavy atom. The van der Waals surface area contributed by atoms with Gasteiger partial charge in [0, 0.05) is 13.2 Å². The predicted octanol–water partition coefficient (Wildman–Crippen LogP) is 1.95. The third-order valence-corrected chi connectivity index (χ3v) is 3.55. The number of ether oxygens (including phenoxy) is 3. The second kappa shape index (κ2) is 8.68. The minimum absolute atomic E-state index is 0.341. The van der Waals surface area contributed by atoms with Crippen LogP contribution in [0.15, 0.2) is 18.2 Å². The summed E-state index contributed by atoms with van der Waals surface area (Å²) in [5.74, 6) is 7.28. The van der Waals surface area contributed by atoms with Crippen LogP contribution in [0, 0.1) is 17.8 Å². The molecule has 0 spiro atoms. The van der Waals surface area contributed by atoms with E-state index in [1.165, 1.54) is 0 Å². The lowest BCUT2D eigenvalue weighted by Gasteiger charge is -2.21. The second-order valence-corrected chi connectivity index (χ2v) is 5.11. The molecule has 0 amide bonds. The molecule has 0 unspecified atom stereocenters. The van der Waals surface area contributed by atoms with Crippen molar-refractivity contribution in [3.8, 4) is 17.6 Å². The number of nitrogens with two attached hydrogens (primary N) is 1. The van der Waals surface area contributed by atoms with Gasteiger partial charge in [0.15, 0.2) is 0 Å². The van der Waals surface area contributed by atoms with E-state index in [9.17, 15) is 0 Å². The molecule has 4 nitrogen and oxygen atoms in total. The van der Waals surface area contributed by atoms with Crippen molar-refractivity contribution in [2.24, 2.45) is 11.7 Å². The molecule has 1 aliphatic heterocycles. The van der Waals surface area contributed by atoms with Gasteiger partial charge in [0.05, 0.1) is 32.4 Å². The molecule has 1 aromatic rings. The number of methoxy groups -OCH3 is 1. The van der Waals surface area contributed by atoms with E-state index < -0.39 is 0 Å². The fourth-order valence-electron chi connectivity index (χ4n) is 2.35. The molecular formula is C17H23NO3. The lowest BCUT2D eigenvalue weighted by Crippen LogP contribution is -2.20. The lowest BCUT2D eigenvalue weighted by molar-refractivity contribution is 0.0157. The summed E-state index contributed by atoms with van der Waals surface area (Å²) in [6.45, 7) is 3.44. The Labute approximate surface area is 126 Å². The van der Waals surface area contributed by atoms with Crippen LogP contribution in [0.2, 0.25) is 0 Å². The molecule has 114 valence electrons. The molecule has 0 bridgehead atoms. The molecule has 1 heterocycles. The van der Waals surface area contributed by atoms with Gasteiger partial charge in [0.25, 0.3) is 0 Å². The van der Waals surface area contributed by atoms with E-state index >= 15 is 0 Å². The van der Waals surface area contributed by atoms with E-state index in [4.69, 9.17) is 19.9 Å². The monoisotopic (exact) mass is 289 g/mol. The van der Waals surface area contributed by atoms with Crippen molar-refractivity contribution in [3.63, 3.8) is 0 Å². The molecule has 1 saturated heterocycles. The first-order valence-electron chi connectivity index (χ1n) is 7.35. The van der Waals surface area contributed by atoms with Crippen molar-refractivity contribution in [1.82, 2.24) is 0 Å². The summed E-state index contributed by atoms with van der Waals surface area (Å²) >= 11 is 0. The molecule has 21 heavy (non-hydrogen) atoms. The summed E-state index contributed by atoms with van der Waals surface area (Å²) in [4.78, 5) is 0. The van der Waals surface area contributed by atoms with Crippen molar-refractivity contribution in [2.45, 2.75) is 19.4 Å². The average molecular weight is 289 g/mol. The summed E-state index contributed by atoms with van der Waals surface area (Å²) in [7, 11) is 1.64. The maximum atomic E-state index is 5.82. The Hall–Kier alpha value is -1.54. The molecule has 0 atom stereocenters. The SMILES string of the molecule is COc1ccc(COCC2CCOCC2)cc1C#CCN. The molecule has 2 N–H and O–H groups in total. The van der Waals surface area contributed by atoms with E-state index in [-0.39, 0.29) is 0 Å². The largest absolute Gasteiger partial charge is 0.495 e. The van der Waals surface area contributed by atoms with Crippen LogP contribution in [0.3, 0.4) is 0 Å². The topological polar surface area (TPSA) is 53.7 Å². The highest BCUT2D eigenvalue weighted by Crippen LogP contribution is 2.20. The zero-order valence-electron chi connectivity index (χ0n) is 12.6. The number of benzene rings is 1. The first-order valence-corrected chi connectivity index (χ1v) is 7.35. The molecule has 1 aromatic carbocycles. The standard InChI is InChI=1S/C17H23NO3/c1-19-17-5-4-15(11-16(17)3-2-8-18)13-21-12-14-6-9-20-10-7-14/h4-5,11,14H,6-10,12-13,18H2,1H3. The molecule has 1 fully saturated rings. The van der Waals surface area contributed by atoms with Crippen LogP contribution >= 0.6 is 0 Å². The first kappa shape index (κ1) is 15.8. The van der Waals surface area contributed by atoms with Crippen LogP contribution in [-0.2, 0) is 16.1 Å². The van der Waals surface area contributed by atoms with Gasteiger partial charge < -0.3 is 19.9 Å². The van der Waals surface area contributed by atoms with Crippen LogP contribution < -0.4 is 10.5 Å². The Balaban J connectivity index is 1.90. The molecule has 4 heteroatoms. The highest BCUT2D eigenvalue weighted by molar-refractivity contribution is 5.48. The van der Waals surface area contributed by atoms with E-state index in [0.29, 0.717) is 19.1 Å². The quantitative estimate of drug-likeness (QED) is 0.842. The molecule has 0 aliphatic carbocycles. The minimum Gasteiger partial charge on any atom is -0.495 e. The van der Waals surface area contributed by atoms with Gasteiger partial charge in [-0.25, -0.2) is 0 Å². The summed E-state index contributed by atoms with van der Waals surface area (Å²) < 4.78 is 16.5. The molecule has 0 radical (unpaired) electrons. The minimum atomic E-state index is 0.341. The van der Waals surface area contributed by atoms with Gasteiger partial charge in [0.2, 0.25) is 0 Å². The van der Waals surface area contributed by atoms with Crippen molar-refractivity contribution >= 4 is 0 Å². The van der Waals surface area contributed by atoms with Crippen molar-refractivity contribution < 1.29 is 14.2 Å². The number of hydrogen-bond donors (Lipinski definition) is 1. The van der Waals surface area contributed by atoms with Crippen LogP contribution in [0.5, 0.6) is 5.75 Å². The summed E-state index contributed by atoms with van der Waals surface area (Å²) in [6, 6.07) is 5.94. The Kier molecular flexibility index (Phi) is 6.55. The van der Waals surface area contributed by atoms with E-state index in [1.807, 2.05) is 18.2 Å². The zero-order chi connectivity index (χ0) is 14.9. The van der Waals surface area contributed by atoms with Crippen LogP contribution in [-0.4, -0.2) is 33.5 Å². The van der Waals surface area contributed by atoms with Crippen molar-refractivity contribution in [2.75, 3.05) is 33.5 Å². The van der Waals surface area contributed by atoms with Crippen LogP contribution in [0.4, 0.5) is 0 Å². The van der Waals surface area contributed by atoms with Crippen LogP contribution in [0.25, 0.3) is 0 Å². The first-order chi connectivity index (χ1) is 10.3. The van der Waals surface area contributed by atoms with Gasteiger partial charge in [-0.05, 0) is 36.5 Å². The van der Waals surface area contributed by atoms with Gasteiger partial charge in [-0.3, -0.25) is 0 Å². The number of rotatable bonds is 5. The van der Waals surface area contributed by atoms with Crippen molar-refractivity contribution in [3.05, 3.63) is 29.3 Å². The average Bonchev–Trinajstić information content (AvgIpc) is 2.54. The van der Waals surface area contributed by atoms with Gasteiger partial charge in [-0.1, -0.05) is 17.9 Å². The third kappa shape index (κ3) is 5.05. The number of hydrogen-bond acceptors (Lipinski definition) is 4. The highest BCUT2D eigenvalue weighted by Gasteiger charge is 2.13. The Morgan fingerprint density at radius 3 is 2.86 bits per heavy atom. The molecule has 2 rings (SSSR count). The predicted molar refractivity (Wildman–Crippen MR) is 82.1 cm³/mol. The second-order valence-electron chi connectivity index (χ2n) is 5.11. The summed E-state index contributed by atoms with van der Waals surface area (Å²) in [5.41, 5.74) is 7.38. The highest BCUT2D eigenvalue weighted by atomic mass is 16.5. The Bertz CT molecular complexity index is 498. The van der Waals surface area contributed by atoms with Gasteiger partial charge in [-0.2, -0.15) is 0 Å². The summed E-state index contributed by atoms with van der Waals surface area (Å²) in [5, 5.41) is 0. The normalized spacial score (nSPS) is 15.3. The smallest absolute Gasteiger partial charge is 0.134 e. The van der Waals surface area contributed by atoms with Gasteiger partial charge >= 0.3 is 0 Å². The summed E-state index contributed by atoms with van der Waals surface area (Å²) in [6.07, 6.45) is 2.19. The van der Waals surface area contributed by atoms with Crippen LogP contribution in [0.1, 0.15) is 24.0 Å². The third-order valence-electron chi connectivity index (χ3n) is 3.55. The fraction of sp³-hybridized carbons (Fsp3) is 0.529. The van der Waals surface area contributed by atoms with E-state index in [0.717, 1.165) is 49.5 Å². The van der Waals surface area contributed by atoms with Crippen molar-refractivity contribution in [1.29, 1.82) is 0 Å². The van der Waals surface area contributed by atoms with E-state index in [1.54, 1.807) is 7.11 Å². The molecule has 1 aliphatic rings. The maximum absolute atomic E-state index is 5.82. The molecular weight excluding hydrogens is 266 g/mol. The molecule has 0 aromatic heterocycles. The van der Waals surface area contributed by atoms with Gasteiger partial charge in [0.1, 0.15) is 5.75 Å². The van der Waals surface area contributed by atoms with Gasteiger partial charge in [-0.15, -0.1) is 0 Å². The maximum Gasteiger partial charge on any atom is 0.134 e.